The smallest absolute Gasteiger partial charge is 0.335 e. The van der Waals surface area contributed by atoms with Crippen molar-refractivity contribution in [2.24, 2.45) is 0 Å². The van der Waals surface area contributed by atoms with Gasteiger partial charge in [-0.3, -0.25) is 10.1 Å². The molecule has 2 aromatic carbocycles. The SMILES string of the molecule is O=C(O)c1cccc(-c2ccn3nc(NC(=O)c4cccc(Cl)c4)nc3c2)c1. The molecule has 28 heavy (non-hydrogen) atoms. The normalized spacial score (nSPS) is 10.8. The monoisotopic (exact) mass is 392 g/mol. The second-order valence-corrected chi connectivity index (χ2v) is 6.44. The van der Waals surface area contributed by atoms with E-state index in [4.69, 9.17) is 16.7 Å². The summed E-state index contributed by atoms with van der Waals surface area (Å²) < 4.78 is 1.53. The molecule has 8 heteroatoms. The summed E-state index contributed by atoms with van der Waals surface area (Å²) in [6.45, 7) is 0. The molecule has 0 aliphatic heterocycles. The van der Waals surface area contributed by atoms with E-state index < -0.39 is 5.97 Å². The summed E-state index contributed by atoms with van der Waals surface area (Å²) in [5.74, 6) is -1.20. The number of amides is 1. The maximum absolute atomic E-state index is 12.3. The van der Waals surface area contributed by atoms with Crippen molar-refractivity contribution >= 4 is 35.1 Å². The summed E-state index contributed by atoms with van der Waals surface area (Å²) in [5, 5.41) is 16.5. The van der Waals surface area contributed by atoms with Crippen LogP contribution in [0.4, 0.5) is 5.95 Å². The summed E-state index contributed by atoms with van der Waals surface area (Å²) in [6.07, 6.45) is 1.69. The third-order valence-corrected chi connectivity index (χ3v) is 4.33. The quantitative estimate of drug-likeness (QED) is 0.547. The number of aromatic nitrogens is 3. The van der Waals surface area contributed by atoms with E-state index in [0.717, 1.165) is 11.1 Å². The second-order valence-electron chi connectivity index (χ2n) is 6.00. The molecular weight excluding hydrogens is 380 g/mol. The molecule has 0 fully saturated rings. The molecule has 0 aliphatic rings. The molecule has 4 aromatic rings. The van der Waals surface area contributed by atoms with Gasteiger partial charge >= 0.3 is 5.97 Å². The highest BCUT2D eigenvalue weighted by molar-refractivity contribution is 6.31. The van der Waals surface area contributed by atoms with E-state index in [0.29, 0.717) is 16.2 Å². The first-order valence-corrected chi connectivity index (χ1v) is 8.64. The summed E-state index contributed by atoms with van der Waals surface area (Å²) in [4.78, 5) is 27.8. The Bertz CT molecular complexity index is 1220. The van der Waals surface area contributed by atoms with Crippen molar-refractivity contribution in [3.8, 4) is 11.1 Å². The molecule has 2 heterocycles. The topological polar surface area (TPSA) is 96.6 Å². The molecule has 0 bridgehead atoms. The molecule has 0 saturated carbocycles. The molecule has 2 N–H and O–H groups in total. The van der Waals surface area contributed by atoms with Crippen LogP contribution in [0.15, 0.2) is 66.9 Å². The molecule has 1 amide bonds. The lowest BCUT2D eigenvalue weighted by Crippen LogP contribution is -2.12. The van der Waals surface area contributed by atoms with Crippen LogP contribution < -0.4 is 5.32 Å². The lowest BCUT2D eigenvalue weighted by molar-refractivity contribution is 0.0696. The predicted molar refractivity (Wildman–Crippen MR) is 105 cm³/mol. The Morgan fingerprint density at radius 3 is 2.50 bits per heavy atom. The number of pyridine rings is 1. The largest absolute Gasteiger partial charge is 0.478 e. The number of anilines is 1. The van der Waals surface area contributed by atoms with Crippen molar-refractivity contribution in [3.63, 3.8) is 0 Å². The molecule has 0 aliphatic carbocycles. The summed E-state index contributed by atoms with van der Waals surface area (Å²) in [6, 6.07) is 16.8. The fourth-order valence-electron chi connectivity index (χ4n) is 2.75. The highest BCUT2D eigenvalue weighted by Gasteiger charge is 2.12. The fourth-order valence-corrected chi connectivity index (χ4v) is 2.94. The highest BCUT2D eigenvalue weighted by atomic mass is 35.5. The molecule has 0 unspecified atom stereocenters. The van der Waals surface area contributed by atoms with Crippen molar-refractivity contribution in [1.29, 1.82) is 0 Å². The van der Waals surface area contributed by atoms with Gasteiger partial charge in [0.15, 0.2) is 5.65 Å². The highest BCUT2D eigenvalue weighted by Crippen LogP contribution is 2.22. The van der Waals surface area contributed by atoms with Crippen molar-refractivity contribution in [1.82, 2.24) is 14.6 Å². The van der Waals surface area contributed by atoms with E-state index >= 15 is 0 Å². The van der Waals surface area contributed by atoms with E-state index in [1.54, 1.807) is 54.7 Å². The fraction of sp³-hybridized carbons (Fsp3) is 0. The minimum Gasteiger partial charge on any atom is -0.478 e. The van der Waals surface area contributed by atoms with Crippen LogP contribution in [0.5, 0.6) is 0 Å². The van der Waals surface area contributed by atoms with Gasteiger partial charge in [-0.2, -0.15) is 4.98 Å². The van der Waals surface area contributed by atoms with Gasteiger partial charge in [0.25, 0.3) is 5.91 Å². The van der Waals surface area contributed by atoms with Crippen molar-refractivity contribution in [3.05, 3.63) is 83.0 Å². The molecule has 0 atom stereocenters. The van der Waals surface area contributed by atoms with Crippen molar-refractivity contribution in [2.75, 3.05) is 5.32 Å². The molecule has 4 rings (SSSR count). The van der Waals surface area contributed by atoms with Crippen LogP contribution in [0.25, 0.3) is 16.8 Å². The number of carboxylic acid groups (broad SMARTS) is 1. The number of carbonyl (C=O) groups excluding carboxylic acids is 1. The number of carboxylic acids is 1. The molecule has 2 aromatic heterocycles. The Balaban J connectivity index is 1.62. The number of halogens is 1. The summed E-state index contributed by atoms with van der Waals surface area (Å²) in [7, 11) is 0. The van der Waals surface area contributed by atoms with Gasteiger partial charge in [-0.1, -0.05) is 29.8 Å². The number of hydrogen-bond acceptors (Lipinski definition) is 4. The molecule has 0 radical (unpaired) electrons. The van der Waals surface area contributed by atoms with Gasteiger partial charge in [0, 0.05) is 16.8 Å². The van der Waals surface area contributed by atoms with Crippen molar-refractivity contribution in [2.45, 2.75) is 0 Å². The summed E-state index contributed by atoms with van der Waals surface area (Å²) >= 11 is 5.91. The lowest BCUT2D eigenvalue weighted by Gasteiger charge is -2.03. The van der Waals surface area contributed by atoms with Gasteiger partial charge in [-0.05, 0) is 53.6 Å². The third kappa shape index (κ3) is 3.56. The zero-order chi connectivity index (χ0) is 19.7. The first-order chi connectivity index (χ1) is 13.5. The standard InChI is InChI=1S/C20H13ClN4O3/c21-16-6-2-4-14(10-16)18(26)23-20-22-17-11-13(7-8-25(17)24-20)12-3-1-5-15(9-12)19(27)28/h1-11H,(H,27,28)(H,23,24,26). The Labute approximate surface area is 164 Å². The first kappa shape index (κ1) is 17.7. The zero-order valence-electron chi connectivity index (χ0n) is 14.3. The van der Waals surface area contributed by atoms with Crippen LogP contribution in [-0.4, -0.2) is 31.6 Å². The molecule has 0 saturated heterocycles. The Morgan fingerprint density at radius 1 is 0.964 bits per heavy atom. The minimum atomic E-state index is -0.989. The van der Waals surface area contributed by atoms with E-state index in [9.17, 15) is 9.59 Å². The van der Waals surface area contributed by atoms with Crippen LogP contribution in [0.2, 0.25) is 5.02 Å². The van der Waals surface area contributed by atoms with E-state index in [-0.39, 0.29) is 17.4 Å². The van der Waals surface area contributed by atoms with E-state index in [2.05, 4.69) is 15.4 Å². The van der Waals surface area contributed by atoms with Gasteiger partial charge in [-0.15, -0.1) is 5.10 Å². The van der Waals surface area contributed by atoms with Crippen LogP contribution in [-0.2, 0) is 0 Å². The number of benzene rings is 2. The third-order valence-electron chi connectivity index (χ3n) is 4.09. The number of fused-ring (bicyclic) bond motifs is 1. The zero-order valence-corrected chi connectivity index (χ0v) is 15.1. The van der Waals surface area contributed by atoms with Gasteiger partial charge < -0.3 is 5.11 Å². The molecule has 7 nitrogen and oxygen atoms in total. The number of aromatic carboxylic acids is 1. The second kappa shape index (κ2) is 7.13. The minimum absolute atomic E-state index is 0.154. The number of hydrogen-bond donors (Lipinski definition) is 2. The van der Waals surface area contributed by atoms with Gasteiger partial charge in [0.05, 0.1) is 5.56 Å². The average Bonchev–Trinajstić information content (AvgIpc) is 3.09. The molecule has 138 valence electrons. The van der Waals surface area contributed by atoms with E-state index in [1.165, 1.54) is 10.6 Å². The Kier molecular flexibility index (Phi) is 4.50. The number of nitrogens with one attached hydrogen (secondary N) is 1. The predicted octanol–water partition coefficient (Wildman–Crippen LogP) is 4.00. The van der Waals surface area contributed by atoms with Crippen LogP contribution in [0.1, 0.15) is 20.7 Å². The Hall–Kier alpha value is -3.71. The van der Waals surface area contributed by atoms with Gasteiger partial charge in [-0.25, -0.2) is 9.31 Å². The molecular formula is C20H13ClN4O3. The van der Waals surface area contributed by atoms with Crippen LogP contribution in [0.3, 0.4) is 0 Å². The number of nitrogens with zero attached hydrogens (tertiary/aromatic N) is 3. The van der Waals surface area contributed by atoms with Crippen LogP contribution in [0, 0.1) is 0 Å². The van der Waals surface area contributed by atoms with Gasteiger partial charge in [0.2, 0.25) is 5.95 Å². The Morgan fingerprint density at radius 2 is 1.71 bits per heavy atom. The lowest BCUT2D eigenvalue weighted by atomic mass is 10.0. The maximum Gasteiger partial charge on any atom is 0.335 e. The van der Waals surface area contributed by atoms with E-state index in [1.807, 2.05) is 6.07 Å². The maximum atomic E-state index is 12.3. The average molecular weight is 393 g/mol. The first-order valence-electron chi connectivity index (χ1n) is 8.27. The van der Waals surface area contributed by atoms with Gasteiger partial charge in [0.1, 0.15) is 0 Å². The number of carbonyl (C=O) groups is 2. The van der Waals surface area contributed by atoms with Crippen LogP contribution >= 0.6 is 11.6 Å². The summed E-state index contributed by atoms with van der Waals surface area (Å²) in [5.41, 5.74) is 2.65. The number of rotatable bonds is 4. The molecule has 0 spiro atoms. The van der Waals surface area contributed by atoms with Crippen molar-refractivity contribution < 1.29 is 14.7 Å².